The molecule has 1 atom stereocenters. The van der Waals surface area contributed by atoms with Crippen LogP contribution in [0.5, 0.6) is 0 Å². The van der Waals surface area contributed by atoms with E-state index >= 15 is 0 Å². The smallest absolute Gasteiger partial charge is 0.124 e. The van der Waals surface area contributed by atoms with E-state index in [9.17, 15) is 0 Å². The highest BCUT2D eigenvalue weighted by Crippen LogP contribution is 2.44. The molecule has 2 aliphatic rings. The lowest BCUT2D eigenvalue weighted by Gasteiger charge is -2.17. The molecule has 2 aromatic heterocycles. The van der Waals surface area contributed by atoms with Crippen LogP contribution in [-0.2, 0) is 0 Å². The summed E-state index contributed by atoms with van der Waals surface area (Å²) in [5.74, 6) is 0. The first kappa shape index (κ1) is 8.47. The van der Waals surface area contributed by atoms with Crippen LogP contribution in [0.4, 0.5) is 0 Å². The maximum absolute atomic E-state index is 4.47. The fourth-order valence-electron chi connectivity index (χ4n) is 2.23. The lowest BCUT2D eigenvalue weighted by molar-refractivity contribution is 0.874. The topological polar surface area (TPSA) is 38.1 Å². The minimum Gasteiger partial charge on any atom is -0.271 e. The minimum absolute atomic E-state index is 0.102. The Hall–Kier alpha value is -1.68. The summed E-state index contributed by atoms with van der Waals surface area (Å²) in [6.07, 6.45) is 5.82. The van der Waals surface area contributed by atoms with Crippen LogP contribution in [0, 0.1) is 0 Å². The van der Waals surface area contributed by atoms with Crippen molar-refractivity contribution in [2.45, 2.75) is 6.04 Å². The number of thioether (sulfide) groups is 1. The molecule has 0 amide bonds. The zero-order valence-corrected chi connectivity index (χ0v) is 9.11. The van der Waals surface area contributed by atoms with Gasteiger partial charge in [-0.25, -0.2) is 0 Å². The van der Waals surface area contributed by atoms with Gasteiger partial charge in [0.1, 0.15) is 6.04 Å². The second-order valence-corrected chi connectivity index (χ2v) is 4.73. The second-order valence-electron chi connectivity index (χ2n) is 3.81. The predicted octanol–water partition coefficient (Wildman–Crippen LogP) is 2.80. The summed E-state index contributed by atoms with van der Waals surface area (Å²) in [5.41, 5.74) is 3.95. The van der Waals surface area contributed by atoms with Gasteiger partial charge >= 0.3 is 0 Å². The van der Waals surface area contributed by atoms with Crippen LogP contribution in [0.25, 0.3) is 16.8 Å². The van der Waals surface area contributed by atoms with Gasteiger partial charge in [0.25, 0.3) is 0 Å². The molecule has 1 aliphatic heterocycles. The third-order valence-corrected chi connectivity index (χ3v) is 3.78. The molecule has 0 radical (unpaired) electrons. The Balaban J connectivity index is 2.19. The Morgan fingerprint density at radius 2 is 2.00 bits per heavy atom. The van der Waals surface area contributed by atoms with E-state index in [2.05, 4.69) is 21.0 Å². The van der Waals surface area contributed by atoms with Crippen LogP contribution in [0.2, 0.25) is 0 Å². The number of hydrogen-bond donors (Lipinski definition) is 0. The molecule has 16 heavy (non-hydrogen) atoms. The number of hydrogen-bond acceptors (Lipinski definition) is 4. The van der Waals surface area contributed by atoms with Crippen molar-refractivity contribution in [3.8, 4) is 0 Å². The van der Waals surface area contributed by atoms with Crippen molar-refractivity contribution >= 4 is 34.2 Å². The average molecular weight is 225 g/mol. The van der Waals surface area contributed by atoms with Gasteiger partial charge in [-0.05, 0) is 23.6 Å². The molecular formula is C12H7N3S. The standard InChI is InChI=1S/C12H7N3S/c1-3-13-8-5-9-11(15-6-16-9)12-10(8)7(1)2-4-14-12/h1-6,11H. The van der Waals surface area contributed by atoms with Gasteiger partial charge in [-0.3, -0.25) is 15.0 Å². The van der Waals surface area contributed by atoms with Crippen molar-refractivity contribution in [2.24, 2.45) is 4.99 Å². The molecule has 4 heteroatoms. The third-order valence-electron chi connectivity index (χ3n) is 2.94. The number of fused-ring (bicyclic) bond motifs is 2. The van der Waals surface area contributed by atoms with Crippen LogP contribution in [0.3, 0.4) is 0 Å². The van der Waals surface area contributed by atoms with Crippen molar-refractivity contribution < 1.29 is 0 Å². The number of aromatic nitrogens is 2. The molecule has 0 N–H and O–H groups in total. The normalized spacial score (nSPS) is 21.0. The highest BCUT2D eigenvalue weighted by molar-refractivity contribution is 8.15. The first-order valence-electron chi connectivity index (χ1n) is 5.07. The van der Waals surface area contributed by atoms with Gasteiger partial charge in [-0.1, -0.05) is 11.8 Å². The third kappa shape index (κ3) is 0.971. The summed E-state index contributed by atoms with van der Waals surface area (Å²) in [5, 5.41) is 2.34. The maximum atomic E-state index is 4.47. The van der Waals surface area contributed by atoms with Crippen LogP contribution in [0.1, 0.15) is 17.4 Å². The zero-order chi connectivity index (χ0) is 10.5. The highest BCUT2D eigenvalue weighted by Gasteiger charge is 2.28. The van der Waals surface area contributed by atoms with E-state index in [1.54, 1.807) is 11.8 Å². The van der Waals surface area contributed by atoms with Crippen molar-refractivity contribution in [1.82, 2.24) is 9.97 Å². The molecule has 4 rings (SSSR count). The molecule has 2 aromatic rings. The molecule has 0 spiro atoms. The molecule has 76 valence electrons. The fourth-order valence-corrected chi connectivity index (χ4v) is 3.02. The molecule has 0 bridgehead atoms. The molecule has 0 fully saturated rings. The van der Waals surface area contributed by atoms with E-state index in [1.807, 2.05) is 30.1 Å². The van der Waals surface area contributed by atoms with E-state index in [4.69, 9.17) is 0 Å². The minimum atomic E-state index is 0.102. The zero-order valence-electron chi connectivity index (χ0n) is 8.29. The largest absolute Gasteiger partial charge is 0.271 e. The molecule has 3 nitrogen and oxygen atoms in total. The SMILES string of the molecule is C1=NC2C(=Cc3nccc4ccnc2c34)S1. The van der Waals surface area contributed by atoms with E-state index in [1.165, 1.54) is 10.3 Å². The average Bonchev–Trinajstić information content (AvgIpc) is 2.78. The number of nitrogens with zero attached hydrogens (tertiary/aromatic N) is 3. The van der Waals surface area contributed by atoms with Crippen LogP contribution in [0.15, 0.2) is 34.4 Å². The van der Waals surface area contributed by atoms with Crippen molar-refractivity contribution in [2.75, 3.05) is 0 Å². The van der Waals surface area contributed by atoms with Crippen LogP contribution < -0.4 is 0 Å². The number of pyridine rings is 2. The van der Waals surface area contributed by atoms with E-state index < -0.39 is 0 Å². The van der Waals surface area contributed by atoms with Gasteiger partial charge in [0.2, 0.25) is 0 Å². The molecule has 1 aliphatic carbocycles. The Morgan fingerprint density at radius 1 is 1.12 bits per heavy atom. The lowest BCUT2D eigenvalue weighted by atomic mass is 9.98. The van der Waals surface area contributed by atoms with Crippen molar-refractivity contribution in [3.63, 3.8) is 0 Å². The quantitative estimate of drug-likeness (QED) is 0.692. The monoisotopic (exact) mass is 225 g/mol. The van der Waals surface area contributed by atoms with Gasteiger partial charge in [-0.15, -0.1) is 0 Å². The van der Waals surface area contributed by atoms with Gasteiger partial charge < -0.3 is 0 Å². The lowest BCUT2D eigenvalue weighted by Crippen LogP contribution is -2.04. The summed E-state index contributed by atoms with van der Waals surface area (Å²) in [6, 6.07) is 4.15. The first-order valence-corrected chi connectivity index (χ1v) is 5.95. The Bertz CT molecular complexity index is 655. The van der Waals surface area contributed by atoms with Crippen LogP contribution >= 0.6 is 11.8 Å². The van der Waals surface area contributed by atoms with Gasteiger partial charge in [0.05, 0.1) is 16.9 Å². The summed E-state index contributed by atoms with van der Waals surface area (Å²) >= 11 is 1.66. The molecule has 1 unspecified atom stereocenters. The summed E-state index contributed by atoms with van der Waals surface area (Å²) < 4.78 is 0. The number of aliphatic imine (C=N–C) groups is 1. The van der Waals surface area contributed by atoms with E-state index in [0.29, 0.717) is 0 Å². The second kappa shape index (κ2) is 2.92. The Labute approximate surface area is 96.3 Å². The fraction of sp³-hybridized carbons (Fsp3) is 0.0833. The molecular weight excluding hydrogens is 218 g/mol. The first-order chi connectivity index (χ1) is 7.93. The van der Waals surface area contributed by atoms with Gasteiger partial charge in [-0.2, -0.15) is 0 Å². The molecule has 3 heterocycles. The Morgan fingerprint density at radius 3 is 2.94 bits per heavy atom. The van der Waals surface area contributed by atoms with E-state index in [0.717, 1.165) is 16.8 Å². The maximum Gasteiger partial charge on any atom is 0.124 e. The molecule has 0 saturated carbocycles. The van der Waals surface area contributed by atoms with Gasteiger partial charge in [0.15, 0.2) is 0 Å². The number of rotatable bonds is 0. The molecule has 0 saturated heterocycles. The van der Waals surface area contributed by atoms with Crippen LogP contribution in [-0.4, -0.2) is 15.5 Å². The van der Waals surface area contributed by atoms with Crippen molar-refractivity contribution in [1.29, 1.82) is 0 Å². The predicted molar refractivity (Wildman–Crippen MR) is 66.3 cm³/mol. The van der Waals surface area contributed by atoms with E-state index in [-0.39, 0.29) is 6.04 Å². The van der Waals surface area contributed by atoms with Gasteiger partial charge in [0, 0.05) is 22.7 Å². The summed E-state index contributed by atoms with van der Waals surface area (Å²) in [7, 11) is 0. The molecule has 0 aromatic carbocycles. The summed E-state index contributed by atoms with van der Waals surface area (Å²) in [6.45, 7) is 0. The Kier molecular flexibility index (Phi) is 1.54. The summed E-state index contributed by atoms with van der Waals surface area (Å²) in [4.78, 5) is 14.6. The van der Waals surface area contributed by atoms with Crippen molar-refractivity contribution in [3.05, 3.63) is 40.8 Å². The highest BCUT2D eigenvalue weighted by atomic mass is 32.2.